The van der Waals surface area contributed by atoms with E-state index in [4.69, 9.17) is 4.74 Å². The number of hydrogen-bond acceptors (Lipinski definition) is 6. The van der Waals surface area contributed by atoms with Gasteiger partial charge in [0.05, 0.1) is 12.0 Å². The normalized spacial score (nSPS) is 12.2. The van der Waals surface area contributed by atoms with Crippen molar-refractivity contribution in [2.75, 3.05) is 13.7 Å². The molecule has 0 fully saturated rings. The molecule has 0 spiro atoms. The van der Waals surface area contributed by atoms with Crippen LogP contribution in [0.2, 0.25) is 0 Å². The Kier molecular flexibility index (Phi) is 6.36. The predicted octanol–water partition coefficient (Wildman–Crippen LogP) is 1.54. The van der Waals surface area contributed by atoms with Gasteiger partial charge in [0, 0.05) is 6.54 Å². The Hall–Kier alpha value is -2.09. The molecule has 0 aliphatic heterocycles. The van der Waals surface area contributed by atoms with Crippen LogP contribution >= 0.6 is 11.3 Å². The number of esters is 1. The van der Waals surface area contributed by atoms with Gasteiger partial charge in [-0.15, -0.1) is 11.3 Å². The van der Waals surface area contributed by atoms with Gasteiger partial charge in [0.1, 0.15) is 11.6 Å². The van der Waals surface area contributed by atoms with E-state index >= 15 is 0 Å². The maximum absolute atomic E-state index is 11.8. The first kappa shape index (κ1) is 18.0. The van der Waals surface area contributed by atoms with Gasteiger partial charge in [0.15, 0.2) is 0 Å². The van der Waals surface area contributed by atoms with Crippen LogP contribution in [0.15, 0.2) is 17.5 Å². The molecule has 22 heavy (non-hydrogen) atoms. The second-order valence-electron chi connectivity index (χ2n) is 5.41. The summed E-state index contributed by atoms with van der Waals surface area (Å²) < 4.78 is 9.68. The quantitative estimate of drug-likeness (QED) is 0.800. The van der Waals surface area contributed by atoms with Gasteiger partial charge in [-0.25, -0.2) is 9.59 Å². The third-order valence-electron chi connectivity index (χ3n) is 2.39. The topological polar surface area (TPSA) is 93.7 Å². The monoisotopic (exact) mass is 328 g/mol. The van der Waals surface area contributed by atoms with E-state index in [0.29, 0.717) is 4.88 Å². The fraction of sp³-hybridized carbons (Fsp3) is 0.500. The van der Waals surface area contributed by atoms with E-state index in [1.807, 2.05) is 0 Å². The first-order valence-corrected chi connectivity index (χ1v) is 7.50. The first-order valence-electron chi connectivity index (χ1n) is 6.62. The number of carbonyl (C=O) groups is 3. The van der Waals surface area contributed by atoms with Crippen LogP contribution in [0.25, 0.3) is 0 Å². The van der Waals surface area contributed by atoms with Crippen molar-refractivity contribution in [3.05, 3.63) is 22.4 Å². The summed E-state index contributed by atoms with van der Waals surface area (Å²) in [5.74, 6) is -0.993. The summed E-state index contributed by atoms with van der Waals surface area (Å²) in [6.45, 7) is 5.03. The van der Waals surface area contributed by atoms with Gasteiger partial charge in [-0.05, 0) is 32.2 Å². The van der Waals surface area contributed by atoms with Gasteiger partial charge in [0.25, 0.3) is 5.91 Å². The molecular weight excluding hydrogens is 308 g/mol. The number of alkyl carbamates (subject to hydrolysis) is 1. The van der Waals surface area contributed by atoms with Crippen molar-refractivity contribution in [1.82, 2.24) is 10.6 Å². The Morgan fingerprint density at radius 2 is 2.00 bits per heavy atom. The van der Waals surface area contributed by atoms with E-state index in [-0.39, 0.29) is 12.5 Å². The highest BCUT2D eigenvalue weighted by atomic mass is 32.1. The number of rotatable bonds is 5. The molecule has 0 aliphatic carbocycles. The maximum atomic E-state index is 11.8. The van der Waals surface area contributed by atoms with Crippen molar-refractivity contribution in [3.63, 3.8) is 0 Å². The van der Waals surface area contributed by atoms with Crippen LogP contribution in [-0.4, -0.2) is 43.3 Å². The summed E-state index contributed by atoms with van der Waals surface area (Å²) in [6, 6.07) is 2.38. The zero-order chi connectivity index (χ0) is 16.8. The lowest BCUT2D eigenvalue weighted by Gasteiger charge is -2.22. The highest BCUT2D eigenvalue weighted by Crippen LogP contribution is 2.08. The van der Waals surface area contributed by atoms with Crippen molar-refractivity contribution in [2.45, 2.75) is 32.4 Å². The Morgan fingerprint density at radius 1 is 1.32 bits per heavy atom. The number of carbonyl (C=O) groups excluding carboxylic acids is 3. The lowest BCUT2D eigenvalue weighted by Crippen LogP contribution is -2.50. The van der Waals surface area contributed by atoms with Gasteiger partial charge in [-0.2, -0.15) is 0 Å². The molecule has 0 unspecified atom stereocenters. The number of ether oxygens (including phenoxy) is 2. The highest BCUT2D eigenvalue weighted by molar-refractivity contribution is 7.12. The summed E-state index contributed by atoms with van der Waals surface area (Å²) >= 11 is 1.28. The van der Waals surface area contributed by atoms with E-state index in [9.17, 15) is 14.4 Å². The number of hydrogen-bond donors (Lipinski definition) is 2. The summed E-state index contributed by atoms with van der Waals surface area (Å²) in [5, 5.41) is 6.72. The van der Waals surface area contributed by atoms with Crippen LogP contribution in [0, 0.1) is 0 Å². The minimum atomic E-state index is -1.02. The average molecular weight is 328 g/mol. The summed E-state index contributed by atoms with van der Waals surface area (Å²) in [5.41, 5.74) is -0.690. The minimum absolute atomic E-state index is 0.0946. The Morgan fingerprint density at radius 3 is 2.50 bits per heavy atom. The van der Waals surface area contributed by atoms with E-state index in [2.05, 4.69) is 15.4 Å². The highest BCUT2D eigenvalue weighted by Gasteiger charge is 2.25. The van der Waals surface area contributed by atoms with Crippen molar-refractivity contribution in [1.29, 1.82) is 0 Å². The van der Waals surface area contributed by atoms with Crippen LogP contribution in [0.4, 0.5) is 4.79 Å². The van der Waals surface area contributed by atoms with Crippen LogP contribution in [0.5, 0.6) is 0 Å². The molecule has 7 nitrogen and oxygen atoms in total. The fourth-order valence-corrected chi connectivity index (χ4v) is 2.12. The molecular formula is C14H20N2O5S. The Balaban J connectivity index is 2.59. The molecule has 1 rings (SSSR count). The van der Waals surface area contributed by atoms with Crippen LogP contribution in [0.3, 0.4) is 0 Å². The number of nitrogens with one attached hydrogen (secondary N) is 2. The standard InChI is InChI=1S/C14H20N2O5S/c1-14(2,3)21-13(19)16-9(12(18)20-4)8-15-11(17)10-6-5-7-22-10/h5-7,9H,8H2,1-4H3,(H,15,17)(H,16,19)/t9-/m0/s1. The molecule has 1 aromatic rings. The summed E-state index contributed by atoms with van der Waals surface area (Å²) in [7, 11) is 1.20. The van der Waals surface area contributed by atoms with E-state index in [0.717, 1.165) is 0 Å². The second kappa shape index (κ2) is 7.79. The molecule has 1 heterocycles. The molecule has 0 aromatic carbocycles. The summed E-state index contributed by atoms with van der Waals surface area (Å²) in [6.07, 6.45) is -0.756. The smallest absolute Gasteiger partial charge is 0.408 e. The number of methoxy groups -OCH3 is 1. The van der Waals surface area contributed by atoms with Gasteiger partial charge < -0.3 is 20.1 Å². The van der Waals surface area contributed by atoms with Crippen LogP contribution < -0.4 is 10.6 Å². The predicted molar refractivity (Wildman–Crippen MR) is 81.8 cm³/mol. The zero-order valence-electron chi connectivity index (χ0n) is 13.0. The average Bonchev–Trinajstić information content (AvgIpc) is 2.94. The zero-order valence-corrected chi connectivity index (χ0v) is 13.8. The molecule has 122 valence electrons. The second-order valence-corrected chi connectivity index (χ2v) is 6.36. The van der Waals surface area contributed by atoms with Gasteiger partial charge in [0.2, 0.25) is 0 Å². The van der Waals surface area contributed by atoms with Crippen molar-refractivity contribution in [3.8, 4) is 0 Å². The molecule has 1 aromatic heterocycles. The SMILES string of the molecule is COC(=O)[C@H](CNC(=O)c1cccs1)NC(=O)OC(C)(C)C. The van der Waals surface area contributed by atoms with Crippen molar-refractivity contribution in [2.24, 2.45) is 0 Å². The van der Waals surface area contributed by atoms with E-state index < -0.39 is 23.7 Å². The van der Waals surface area contributed by atoms with Gasteiger partial charge in [-0.3, -0.25) is 4.79 Å². The van der Waals surface area contributed by atoms with Crippen LogP contribution in [0.1, 0.15) is 30.4 Å². The number of thiophene rings is 1. The third kappa shape index (κ3) is 6.13. The lowest BCUT2D eigenvalue weighted by atomic mass is 10.2. The third-order valence-corrected chi connectivity index (χ3v) is 3.26. The molecule has 0 bridgehead atoms. The molecule has 2 N–H and O–H groups in total. The molecule has 1 atom stereocenters. The molecule has 0 saturated carbocycles. The Bertz CT molecular complexity index is 522. The minimum Gasteiger partial charge on any atom is -0.467 e. The first-order chi connectivity index (χ1) is 10.2. The maximum Gasteiger partial charge on any atom is 0.408 e. The van der Waals surface area contributed by atoms with E-state index in [1.54, 1.807) is 38.3 Å². The summed E-state index contributed by atoms with van der Waals surface area (Å²) in [4.78, 5) is 35.7. The lowest BCUT2D eigenvalue weighted by molar-refractivity contribution is -0.142. The van der Waals surface area contributed by atoms with E-state index in [1.165, 1.54) is 18.4 Å². The van der Waals surface area contributed by atoms with Crippen molar-refractivity contribution < 1.29 is 23.9 Å². The van der Waals surface area contributed by atoms with Gasteiger partial charge >= 0.3 is 12.1 Å². The molecule has 2 amide bonds. The Labute approximate surface area is 133 Å². The van der Waals surface area contributed by atoms with Crippen molar-refractivity contribution >= 4 is 29.3 Å². The van der Waals surface area contributed by atoms with Gasteiger partial charge in [-0.1, -0.05) is 6.07 Å². The molecule has 0 radical (unpaired) electrons. The molecule has 8 heteroatoms. The largest absolute Gasteiger partial charge is 0.467 e. The number of amides is 2. The molecule has 0 saturated heterocycles. The van der Waals surface area contributed by atoms with Crippen LogP contribution in [-0.2, 0) is 14.3 Å². The fourth-order valence-electron chi connectivity index (χ4n) is 1.47. The molecule has 0 aliphatic rings.